The van der Waals surface area contributed by atoms with E-state index >= 15 is 0 Å². The lowest BCUT2D eigenvalue weighted by atomic mass is 10.1. The number of esters is 1. The van der Waals surface area contributed by atoms with E-state index in [2.05, 4.69) is 5.10 Å². The summed E-state index contributed by atoms with van der Waals surface area (Å²) < 4.78 is 25.3. The van der Waals surface area contributed by atoms with Crippen molar-refractivity contribution in [3.8, 4) is 11.4 Å². The van der Waals surface area contributed by atoms with E-state index in [0.717, 1.165) is 34.5 Å². The predicted molar refractivity (Wildman–Crippen MR) is 110 cm³/mol. The van der Waals surface area contributed by atoms with Gasteiger partial charge in [-0.3, -0.25) is 9.59 Å². The Morgan fingerprint density at radius 2 is 1.87 bits per heavy atom. The first kappa shape index (κ1) is 21.2. The summed E-state index contributed by atoms with van der Waals surface area (Å²) in [5, 5.41) is 4.58. The number of rotatable bonds is 8. The van der Waals surface area contributed by atoms with E-state index in [1.165, 1.54) is 18.2 Å². The van der Waals surface area contributed by atoms with E-state index in [0.29, 0.717) is 6.42 Å². The van der Waals surface area contributed by atoms with E-state index in [1.807, 2.05) is 42.8 Å². The summed E-state index contributed by atoms with van der Waals surface area (Å²) >= 11 is 0. The number of nitrogens with zero attached hydrogens (tertiary/aromatic N) is 2. The van der Waals surface area contributed by atoms with Crippen LogP contribution in [0.1, 0.15) is 33.7 Å². The summed E-state index contributed by atoms with van der Waals surface area (Å²) in [7, 11) is 1.61. The molecule has 156 valence electrons. The Morgan fingerprint density at radius 3 is 2.60 bits per heavy atom. The van der Waals surface area contributed by atoms with Gasteiger partial charge in [0.15, 0.2) is 12.4 Å². The molecule has 0 unspecified atom stereocenters. The Labute approximate surface area is 174 Å². The standard InChI is InChI=1S/C23H23FN2O4/c1-15-21(16(2)26(25-15)19-8-5-9-20(13-19)29-3)10-11-23(28)30-14-22(27)17-6-4-7-18(24)12-17/h4-9,12-13H,10-11,14H2,1-3H3. The zero-order chi connectivity index (χ0) is 21.7. The third-order valence-electron chi connectivity index (χ3n) is 4.83. The molecule has 0 bridgehead atoms. The van der Waals surface area contributed by atoms with Crippen molar-refractivity contribution in [2.75, 3.05) is 13.7 Å². The van der Waals surface area contributed by atoms with Gasteiger partial charge in [-0.1, -0.05) is 18.2 Å². The number of ether oxygens (including phenoxy) is 2. The van der Waals surface area contributed by atoms with Crippen molar-refractivity contribution in [3.05, 3.63) is 76.9 Å². The maximum absolute atomic E-state index is 13.2. The fourth-order valence-electron chi connectivity index (χ4n) is 3.22. The van der Waals surface area contributed by atoms with Gasteiger partial charge < -0.3 is 9.47 Å². The van der Waals surface area contributed by atoms with E-state index in [-0.39, 0.29) is 12.0 Å². The monoisotopic (exact) mass is 410 g/mol. The highest BCUT2D eigenvalue weighted by Crippen LogP contribution is 2.22. The molecule has 0 amide bonds. The van der Waals surface area contributed by atoms with E-state index in [1.54, 1.807) is 7.11 Å². The van der Waals surface area contributed by atoms with Crippen molar-refractivity contribution in [1.29, 1.82) is 0 Å². The normalized spacial score (nSPS) is 10.7. The second-order valence-electron chi connectivity index (χ2n) is 6.86. The Balaban J connectivity index is 1.61. The van der Waals surface area contributed by atoms with Crippen LogP contribution in [0.5, 0.6) is 5.75 Å². The number of hydrogen-bond acceptors (Lipinski definition) is 5. The molecule has 3 rings (SSSR count). The predicted octanol–water partition coefficient (Wildman–Crippen LogP) is 4.00. The van der Waals surface area contributed by atoms with Gasteiger partial charge >= 0.3 is 5.97 Å². The molecule has 0 atom stereocenters. The van der Waals surface area contributed by atoms with Crippen molar-refractivity contribution in [1.82, 2.24) is 9.78 Å². The third-order valence-corrected chi connectivity index (χ3v) is 4.83. The molecular formula is C23H23FN2O4. The van der Waals surface area contributed by atoms with Crippen LogP contribution < -0.4 is 4.74 Å². The van der Waals surface area contributed by atoms with Gasteiger partial charge in [-0.25, -0.2) is 9.07 Å². The number of hydrogen-bond donors (Lipinski definition) is 0. The van der Waals surface area contributed by atoms with Crippen molar-refractivity contribution in [2.45, 2.75) is 26.7 Å². The van der Waals surface area contributed by atoms with Crippen LogP contribution in [0.3, 0.4) is 0 Å². The van der Waals surface area contributed by atoms with Gasteiger partial charge in [0, 0.05) is 23.7 Å². The number of Topliss-reactive ketones (excluding diaryl/α,β-unsaturated/α-hetero) is 1. The van der Waals surface area contributed by atoms with Crippen LogP contribution in [-0.2, 0) is 16.0 Å². The molecule has 0 aliphatic heterocycles. The second kappa shape index (κ2) is 9.35. The number of aromatic nitrogens is 2. The summed E-state index contributed by atoms with van der Waals surface area (Å²) in [6.45, 7) is 3.41. The van der Waals surface area contributed by atoms with E-state index < -0.39 is 24.2 Å². The van der Waals surface area contributed by atoms with Crippen LogP contribution in [0, 0.1) is 19.7 Å². The minimum atomic E-state index is -0.508. The molecule has 0 N–H and O–H groups in total. The maximum Gasteiger partial charge on any atom is 0.306 e. The zero-order valence-corrected chi connectivity index (χ0v) is 17.1. The SMILES string of the molecule is COc1cccc(-n2nc(C)c(CCC(=O)OCC(=O)c3cccc(F)c3)c2C)c1. The molecule has 30 heavy (non-hydrogen) atoms. The highest BCUT2D eigenvalue weighted by molar-refractivity contribution is 5.97. The molecule has 1 heterocycles. The highest BCUT2D eigenvalue weighted by Gasteiger charge is 2.16. The lowest BCUT2D eigenvalue weighted by Gasteiger charge is -2.08. The topological polar surface area (TPSA) is 70.4 Å². The first-order chi connectivity index (χ1) is 14.4. The minimum Gasteiger partial charge on any atom is -0.497 e. The first-order valence-electron chi connectivity index (χ1n) is 9.53. The number of aryl methyl sites for hydroxylation is 1. The molecule has 0 aliphatic rings. The fourth-order valence-corrected chi connectivity index (χ4v) is 3.22. The van der Waals surface area contributed by atoms with E-state index in [4.69, 9.17) is 9.47 Å². The largest absolute Gasteiger partial charge is 0.497 e. The summed E-state index contributed by atoms with van der Waals surface area (Å²) in [4.78, 5) is 24.1. The second-order valence-corrected chi connectivity index (χ2v) is 6.86. The van der Waals surface area contributed by atoms with Crippen molar-refractivity contribution in [3.63, 3.8) is 0 Å². The van der Waals surface area contributed by atoms with Crippen LogP contribution in [-0.4, -0.2) is 35.2 Å². The molecular weight excluding hydrogens is 387 g/mol. The van der Waals surface area contributed by atoms with Gasteiger partial charge in [-0.15, -0.1) is 0 Å². The minimum absolute atomic E-state index is 0.113. The first-order valence-corrected chi connectivity index (χ1v) is 9.53. The smallest absolute Gasteiger partial charge is 0.306 e. The zero-order valence-electron chi connectivity index (χ0n) is 17.1. The van der Waals surface area contributed by atoms with Gasteiger partial charge in [-0.2, -0.15) is 5.10 Å². The molecule has 1 aromatic heterocycles. The molecule has 0 radical (unpaired) electrons. The molecule has 0 saturated carbocycles. The number of carbonyl (C=O) groups excluding carboxylic acids is 2. The quantitative estimate of drug-likeness (QED) is 0.415. The summed E-state index contributed by atoms with van der Waals surface area (Å²) in [5.74, 6) is -0.715. The van der Waals surface area contributed by atoms with Crippen LogP contribution >= 0.6 is 0 Å². The van der Waals surface area contributed by atoms with Crippen LogP contribution in [0.15, 0.2) is 48.5 Å². The van der Waals surface area contributed by atoms with Gasteiger partial charge in [0.1, 0.15) is 11.6 Å². The summed E-state index contributed by atoms with van der Waals surface area (Å²) in [6.07, 6.45) is 0.552. The molecule has 0 saturated heterocycles. The van der Waals surface area contributed by atoms with Gasteiger partial charge in [0.05, 0.1) is 18.5 Å². The Kier molecular flexibility index (Phi) is 6.61. The third kappa shape index (κ3) is 4.92. The Hall–Kier alpha value is -3.48. The van der Waals surface area contributed by atoms with E-state index in [9.17, 15) is 14.0 Å². The maximum atomic E-state index is 13.2. The highest BCUT2D eigenvalue weighted by atomic mass is 19.1. The lowest BCUT2D eigenvalue weighted by Crippen LogP contribution is -2.15. The van der Waals surface area contributed by atoms with Gasteiger partial charge in [-0.05, 0) is 50.1 Å². The number of ketones is 1. The van der Waals surface area contributed by atoms with Crippen molar-refractivity contribution < 1.29 is 23.5 Å². The summed E-state index contributed by atoms with van der Waals surface area (Å²) in [6, 6.07) is 12.9. The van der Waals surface area contributed by atoms with Gasteiger partial charge in [0.2, 0.25) is 0 Å². The number of methoxy groups -OCH3 is 1. The van der Waals surface area contributed by atoms with Crippen LogP contribution in [0.25, 0.3) is 5.69 Å². The fraction of sp³-hybridized carbons (Fsp3) is 0.261. The Bertz CT molecular complexity index is 1070. The Morgan fingerprint density at radius 1 is 1.10 bits per heavy atom. The average Bonchev–Trinajstić information content (AvgIpc) is 3.04. The van der Waals surface area contributed by atoms with Gasteiger partial charge in [0.25, 0.3) is 0 Å². The molecule has 0 fully saturated rings. The number of carbonyl (C=O) groups is 2. The van der Waals surface area contributed by atoms with Crippen LogP contribution in [0.2, 0.25) is 0 Å². The van der Waals surface area contributed by atoms with Crippen molar-refractivity contribution in [2.24, 2.45) is 0 Å². The molecule has 3 aromatic rings. The average molecular weight is 410 g/mol. The molecule has 0 spiro atoms. The lowest BCUT2D eigenvalue weighted by molar-refractivity contribution is -0.142. The molecule has 2 aromatic carbocycles. The molecule has 7 heteroatoms. The summed E-state index contributed by atoms with van der Waals surface area (Å²) in [5.41, 5.74) is 3.73. The number of halogens is 1. The molecule has 0 aliphatic carbocycles. The van der Waals surface area contributed by atoms with Crippen molar-refractivity contribution >= 4 is 11.8 Å². The number of benzene rings is 2. The molecule has 6 nitrogen and oxygen atoms in total. The van der Waals surface area contributed by atoms with Crippen LogP contribution in [0.4, 0.5) is 4.39 Å².